The highest BCUT2D eigenvalue weighted by atomic mass is 32.1. The summed E-state index contributed by atoms with van der Waals surface area (Å²) in [7, 11) is 0. The van der Waals surface area contributed by atoms with Gasteiger partial charge in [0.2, 0.25) is 5.91 Å². The number of hydrogen-bond donors (Lipinski definition) is 1. The van der Waals surface area contributed by atoms with Crippen LogP contribution in [0.4, 0.5) is 0 Å². The molecule has 0 spiro atoms. The van der Waals surface area contributed by atoms with E-state index in [1.807, 2.05) is 30.9 Å². The summed E-state index contributed by atoms with van der Waals surface area (Å²) >= 11 is 1.75. The number of amides is 1. The number of nitrogens with zero attached hydrogens (tertiary/aromatic N) is 2. The Bertz CT molecular complexity index is 839. The Labute approximate surface area is 176 Å². The molecule has 0 radical (unpaired) electrons. The molecule has 1 aliphatic heterocycles. The number of carbonyl (C=O) groups excluding carboxylic acids is 1. The lowest BCUT2D eigenvalue weighted by atomic mass is 9.78. The van der Waals surface area contributed by atoms with Gasteiger partial charge in [-0.25, -0.2) is 0 Å². The molecule has 2 fully saturated rings. The number of aliphatic hydroxyl groups excluding tert-OH is 1. The van der Waals surface area contributed by atoms with Crippen LogP contribution >= 0.6 is 11.3 Å². The third-order valence-corrected chi connectivity index (χ3v) is 7.22. The summed E-state index contributed by atoms with van der Waals surface area (Å²) in [6.45, 7) is 5.46. The molecule has 0 bridgehead atoms. The molecule has 2 aliphatic rings. The predicted octanol–water partition coefficient (Wildman–Crippen LogP) is 3.76. The standard InChI is InChI=1S/C23H30N2O3S/c1-15-8-9-21(16(2)24-15)28-22-12-18-14-25(13-17(18)11-20(22)26)23(27)7-3-5-19-6-4-10-29-19/h4,6,8-10,17-18,20,22,26H,3,5,7,11-14H2,1-2H3/t17-,18+,20+,22+/m0/s1. The van der Waals surface area contributed by atoms with Crippen LogP contribution in [-0.4, -0.2) is 46.2 Å². The summed E-state index contributed by atoms with van der Waals surface area (Å²) in [5.41, 5.74) is 1.82. The number of ether oxygens (including phenoxy) is 1. The minimum absolute atomic E-state index is 0.228. The van der Waals surface area contributed by atoms with Gasteiger partial charge in [0.15, 0.2) is 0 Å². The van der Waals surface area contributed by atoms with Gasteiger partial charge in [-0.05, 0) is 74.9 Å². The Kier molecular flexibility index (Phi) is 6.20. The van der Waals surface area contributed by atoms with E-state index in [-0.39, 0.29) is 12.0 Å². The van der Waals surface area contributed by atoms with Gasteiger partial charge in [0.05, 0.1) is 11.8 Å². The molecule has 3 heterocycles. The third-order valence-electron chi connectivity index (χ3n) is 6.29. The highest BCUT2D eigenvalue weighted by Gasteiger charge is 2.43. The lowest BCUT2D eigenvalue weighted by Crippen LogP contribution is -2.42. The van der Waals surface area contributed by atoms with Crippen LogP contribution in [0.15, 0.2) is 29.6 Å². The van der Waals surface area contributed by atoms with E-state index in [0.717, 1.165) is 49.5 Å². The minimum Gasteiger partial charge on any atom is -0.486 e. The summed E-state index contributed by atoms with van der Waals surface area (Å²) in [6, 6.07) is 8.07. The molecule has 6 heteroatoms. The fourth-order valence-corrected chi connectivity index (χ4v) is 5.46. The first-order chi connectivity index (χ1) is 14.0. The van der Waals surface area contributed by atoms with Crippen molar-refractivity contribution >= 4 is 17.2 Å². The van der Waals surface area contributed by atoms with Crippen LogP contribution in [0.3, 0.4) is 0 Å². The van der Waals surface area contributed by atoms with Crippen LogP contribution in [0.25, 0.3) is 0 Å². The number of aromatic nitrogens is 1. The van der Waals surface area contributed by atoms with E-state index in [9.17, 15) is 9.90 Å². The largest absolute Gasteiger partial charge is 0.486 e. The monoisotopic (exact) mass is 414 g/mol. The van der Waals surface area contributed by atoms with Crippen molar-refractivity contribution in [3.05, 3.63) is 45.9 Å². The van der Waals surface area contributed by atoms with Crippen LogP contribution in [0, 0.1) is 25.7 Å². The van der Waals surface area contributed by atoms with Crippen LogP contribution < -0.4 is 4.74 Å². The van der Waals surface area contributed by atoms with Crippen LogP contribution in [0.1, 0.15) is 41.9 Å². The second kappa shape index (κ2) is 8.84. The topological polar surface area (TPSA) is 62.7 Å². The molecule has 1 amide bonds. The van der Waals surface area contributed by atoms with Crippen molar-refractivity contribution in [3.8, 4) is 5.75 Å². The summed E-state index contributed by atoms with van der Waals surface area (Å²) in [4.78, 5) is 20.5. The number of thiophene rings is 1. The van der Waals surface area contributed by atoms with Gasteiger partial charge in [0.25, 0.3) is 0 Å². The molecule has 29 heavy (non-hydrogen) atoms. The first-order valence-corrected chi connectivity index (χ1v) is 11.5. The van der Waals surface area contributed by atoms with Crippen molar-refractivity contribution in [2.75, 3.05) is 13.1 Å². The molecule has 1 saturated carbocycles. The summed E-state index contributed by atoms with van der Waals surface area (Å²) in [5, 5.41) is 12.7. The molecule has 0 aromatic carbocycles. The second-order valence-corrected chi connectivity index (χ2v) is 9.52. The van der Waals surface area contributed by atoms with Crippen LogP contribution in [0.5, 0.6) is 5.75 Å². The van der Waals surface area contributed by atoms with E-state index in [2.05, 4.69) is 22.5 Å². The first-order valence-electron chi connectivity index (χ1n) is 10.6. The fraction of sp³-hybridized carbons (Fsp3) is 0.565. The van der Waals surface area contributed by atoms with Gasteiger partial charge in [-0.1, -0.05) is 6.07 Å². The summed E-state index contributed by atoms with van der Waals surface area (Å²) in [5.74, 6) is 1.78. The number of likely N-dealkylation sites (tertiary alicyclic amines) is 1. The van der Waals surface area contributed by atoms with Crippen molar-refractivity contribution in [1.29, 1.82) is 0 Å². The molecule has 2 aromatic rings. The maximum atomic E-state index is 12.7. The van der Waals surface area contributed by atoms with Crippen molar-refractivity contribution in [2.45, 2.75) is 58.2 Å². The third kappa shape index (κ3) is 4.81. The van der Waals surface area contributed by atoms with E-state index in [1.54, 1.807) is 11.3 Å². The first kappa shape index (κ1) is 20.4. The maximum absolute atomic E-state index is 12.7. The molecule has 4 rings (SSSR count). The highest BCUT2D eigenvalue weighted by Crippen LogP contribution is 2.38. The van der Waals surface area contributed by atoms with Crippen molar-refractivity contribution in [1.82, 2.24) is 9.88 Å². The molecule has 5 nitrogen and oxygen atoms in total. The fourth-order valence-electron chi connectivity index (χ4n) is 4.71. The number of fused-ring (bicyclic) bond motifs is 1. The van der Waals surface area contributed by atoms with Gasteiger partial charge in [-0.3, -0.25) is 9.78 Å². The molecule has 1 N–H and O–H groups in total. The number of aryl methyl sites for hydroxylation is 3. The van der Waals surface area contributed by atoms with E-state index >= 15 is 0 Å². The predicted molar refractivity (Wildman–Crippen MR) is 114 cm³/mol. The number of aliphatic hydroxyl groups is 1. The SMILES string of the molecule is Cc1ccc(O[C@@H]2C[C@@H]3CN(C(=O)CCCc4cccs4)C[C@@H]3C[C@H]2O)c(C)n1. The minimum atomic E-state index is -0.495. The van der Waals surface area contributed by atoms with Crippen molar-refractivity contribution in [2.24, 2.45) is 11.8 Å². The lowest BCUT2D eigenvalue weighted by molar-refractivity contribution is -0.130. The van der Waals surface area contributed by atoms with E-state index in [1.165, 1.54) is 4.88 Å². The highest BCUT2D eigenvalue weighted by molar-refractivity contribution is 7.09. The zero-order valence-corrected chi connectivity index (χ0v) is 18.0. The van der Waals surface area contributed by atoms with Crippen LogP contribution in [0.2, 0.25) is 0 Å². The lowest BCUT2D eigenvalue weighted by Gasteiger charge is -2.35. The van der Waals surface area contributed by atoms with Gasteiger partial charge >= 0.3 is 0 Å². The number of carbonyl (C=O) groups is 1. The average molecular weight is 415 g/mol. The quantitative estimate of drug-likeness (QED) is 0.782. The van der Waals surface area contributed by atoms with Gasteiger partial charge in [0, 0.05) is 30.1 Å². The molecular formula is C23H30N2O3S. The van der Waals surface area contributed by atoms with Crippen LogP contribution in [-0.2, 0) is 11.2 Å². The summed E-state index contributed by atoms with van der Waals surface area (Å²) in [6.07, 6.45) is 3.25. The van der Waals surface area contributed by atoms with E-state index in [0.29, 0.717) is 24.7 Å². The van der Waals surface area contributed by atoms with Crippen molar-refractivity contribution < 1.29 is 14.6 Å². The maximum Gasteiger partial charge on any atom is 0.222 e. The molecule has 2 aromatic heterocycles. The van der Waals surface area contributed by atoms with E-state index in [4.69, 9.17) is 4.74 Å². The molecule has 4 atom stereocenters. The molecule has 1 saturated heterocycles. The Morgan fingerprint density at radius 3 is 2.76 bits per heavy atom. The average Bonchev–Trinajstić information content (AvgIpc) is 3.33. The zero-order chi connectivity index (χ0) is 20.4. The Morgan fingerprint density at radius 2 is 2.03 bits per heavy atom. The van der Waals surface area contributed by atoms with E-state index < -0.39 is 6.10 Å². The van der Waals surface area contributed by atoms with Gasteiger partial charge in [0.1, 0.15) is 11.9 Å². The molecule has 1 aliphatic carbocycles. The Balaban J connectivity index is 1.30. The molecular weight excluding hydrogens is 384 g/mol. The van der Waals surface area contributed by atoms with Crippen molar-refractivity contribution in [3.63, 3.8) is 0 Å². The number of rotatable bonds is 6. The number of pyridine rings is 1. The van der Waals surface area contributed by atoms with Gasteiger partial charge in [-0.15, -0.1) is 11.3 Å². The summed E-state index contributed by atoms with van der Waals surface area (Å²) < 4.78 is 6.15. The second-order valence-electron chi connectivity index (χ2n) is 8.48. The zero-order valence-electron chi connectivity index (χ0n) is 17.2. The van der Waals surface area contributed by atoms with Gasteiger partial charge < -0.3 is 14.7 Å². The van der Waals surface area contributed by atoms with Gasteiger partial charge in [-0.2, -0.15) is 0 Å². The normalized spacial score (nSPS) is 26.4. The Morgan fingerprint density at radius 1 is 1.24 bits per heavy atom. The molecule has 156 valence electrons. The Hall–Kier alpha value is -1.92. The number of hydrogen-bond acceptors (Lipinski definition) is 5. The molecule has 0 unspecified atom stereocenters. The smallest absolute Gasteiger partial charge is 0.222 e.